The van der Waals surface area contributed by atoms with E-state index in [1.54, 1.807) is 19.2 Å². The van der Waals surface area contributed by atoms with Crippen molar-refractivity contribution in [2.75, 3.05) is 7.11 Å². The Morgan fingerprint density at radius 1 is 1.16 bits per heavy atom. The van der Waals surface area contributed by atoms with E-state index in [2.05, 4.69) is 15.9 Å². The summed E-state index contributed by atoms with van der Waals surface area (Å²) in [4.78, 5) is 0. The third kappa shape index (κ3) is 3.41. The van der Waals surface area contributed by atoms with Crippen molar-refractivity contribution in [3.8, 4) is 17.2 Å². The highest BCUT2D eigenvalue weighted by atomic mass is 79.9. The molecule has 0 bridgehead atoms. The molecule has 19 heavy (non-hydrogen) atoms. The van der Waals surface area contributed by atoms with Gasteiger partial charge in [0.1, 0.15) is 17.2 Å². The molecular weight excluding hydrogens is 330 g/mol. The fourth-order valence-electron chi connectivity index (χ4n) is 1.60. The van der Waals surface area contributed by atoms with Crippen molar-refractivity contribution in [2.24, 2.45) is 5.73 Å². The summed E-state index contributed by atoms with van der Waals surface area (Å²) in [5.41, 5.74) is 6.59. The highest BCUT2D eigenvalue weighted by molar-refractivity contribution is 9.10. The zero-order valence-corrected chi connectivity index (χ0v) is 12.7. The van der Waals surface area contributed by atoms with Crippen molar-refractivity contribution in [1.82, 2.24) is 0 Å². The van der Waals surface area contributed by atoms with Crippen molar-refractivity contribution in [3.63, 3.8) is 0 Å². The molecule has 0 atom stereocenters. The standard InChI is InChI=1S/C14H13BrClNO2/c1-18-11-4-2-9(8-17)13(7-11)19-14-6-10(15)3-5-12(14)16/h2-7H,8,17H2,1H3. The second-order valence-corrected chi connectivity index (χ2v) is 5.18. The summed E-state index contributed by atoms with van der Waals surface area (Å²) in [6, 6.07) is 10.9. The van der Waals surface area contributed by atoms with E-state index in [1.807, 2.05) is 24.3 Å². The predicted octanol–water partition coefficient (Wildman–Crippen LogP) is 4.36. The van der Waals surface area contributed by atoms with E-state index in [0.717, 1.165) is 10.0 Å². The molecule has 2 rings (SSSR count). The lowest BCUT2D eigenvalue weighted by Crippen LogP contribution is -2.00. The molecule has 0 unspecified atom stereocenters. The fraction of sp³-hybridized carbons (Fsp3) is 0.143. The Kier molecular flexibility index (Phi) is 4.69. The van der Waals surface area contributed by atoms with Crippen molar-refractivity contribution in [3.05, 3.63) is 51.5 Å². The molecule has 0 saturated heterocycles. The largest absolute Gasteiger partial charge is 0.497 e. The minimum atomic E-state index is 0.380. The zero-order valence-electron chi connectivity index (χ0n) is 10.3. The first-order valence-electron chi connectivity index (χ1n) is 5.64. The smallest absolute Gasteiger partial charge is 0.147 e. The van der Waals surface area contributed by atoms with E-state index >= 15 is 0 Å². The van der Waals surface area contributed by atoms with Gasteiger partial charge >= 0.3 is 0 Å². The van der Waals surface area contributed by atoms with Crippen LogP contribution in [0.4, 0.5) is 0 Å². The maximum Gasteiger partial charge on any atom is 0.147 e. The molecule has 3 nitrogen and oxygen atoms in total. The van der Waals surface area contributed by atoms with Gasteiger partial charge in [0, 0.05) is 22.6 Å². The van der Waals surface area contributed by atoms with Gasteiger partial charge in [0.25, 0.3) is 0 Å². The lowest BCUT2D eigenvalue weighted by atomic mass is 10.2. The van der Waals surface area contributed by atoms with Crippen molar-refractivity contribution in [2.45, 2.75) is 6.54 Å². The lowest BCUT2D eigenvalue weighted by molar-refractivity contribution is 0.408. The van der Waals surface area contributed by atoms with Gasteiger partial charge in [-0.2, -0.15) is 0 Å². The molecule has 0 aliphatic rings. The fourth-order valence-corrected chi connectivity index (χ4v) is 2.10. The molecule has 0 aliphatic carbocycles. The molecule has 0 aliphatic heterocycles. The number of methoxy groups -OCH3 is 1. The topological polar surface area (TPSA) is 44.5 Å². The Bertz CT molecular complexity index is 590. The third-order valence-electron chi connectivity index (χ3n) is 2.61. The van der Waals surface area contributed by atoms with Crippen LogP contribution in [-0.2, 0) is 6.54 Å². The van der Waals surface area contributed by atoms with E-state index in [9.17, 15) is 0 Å². The molecule has 0 spiro atoms. The highest BCUT2D eigenvalue weighted by Crippen LogP contribution is 2.35. The summed E-state index contributed by atoms with van der Waals surface area (Å²) in [7, 11) is 1.60. The van der Waals surface area contributed by atoms with Gasteiger partial charge in [-0.3, -0.25) is 0 Å². The number of rotatable bonds is 4. The average molecular weight is 343 g/mol. The lowest BCUT2D eigenvalue weighted by Gasteiger charge is -2.13. The van der Waals surface area contributed by atoms with Gasteiger partial charge in [-0.1, -0.05) is 33.6 Å². The van der Waals surface area contributed by atoms with Crippen LogP contribution in [0.1, 0.15) is 5.56 Å². The number of halogens is 2. The Balaban J connectivity index is 2.38. The summed E-state index contributed by atoms with van der Waals surface area (Å²) in [5, 5.41) is 0.536. The molecule has 0 fully saturated rings. The average Bonchev–Trinajstić information content (AvgIpc) is 2.42. The highest BCUT2D eigenvalue weighted by Gasteiger charge is 2.09. The molecule has 0 radical (unpaired) electrons. The van der Waals surface area contributed by atoms with Gasteiger partial charge < -0.3 is 15.2 Å². The van der Waals surface area contributed by atoms with Crippen LogP contribution in [0.3, 0.4) is 0 Å². The maximum atomic E-state index is 6.11. The predicted molar refractivity (Wildman–Crippen MR) is 80.1 cm³/mol. The van der Waals surface area contributed by atoms with Gasteiger partial charge in [-0.25, -0.2) is 0 Å². The van der Waals surface area contributed by atoms with Gasteiger partial charge in [0.2, 0.25) is 0 Å². The number of hydrogen-bond acceptors (Lipinski definition) is 3. The van der Waals surface area contributed by atoms with Crippen LogP contribution in [0.15, 0.2) is 40.9 Å². The number of hydrogen-bond donors (Lipinski definition) is 1. The normalized spacial score (nSPS) is 10.3. The van der Waals surface area contributed by atoms with E-state index in [4.69, 9.17) is 26.8 Å². The van der Waals surface area contributed by atoms with Gasteiger partial charge in [0.15, 0.2) is 0 Å². The van der Waals surface area contributed by atoms with Crippen LogP contribution in [0, 0.1) is 0 Å². The van der Waals surface area contributed by atoms with Crippen LogP contribution in [0.25, 0.3) is 0 Å². The van der Waals surface area contributed by atoms with Gasteiger partial charge in [0.05, 0.1) is 12.1 Å². The summed E-state index contributed by atoms with van der Waals surface area (Å²) in [6.07, 6.45) is 0. The summed E-state index contributed by atoms with van der Waals surface area (Å²) in [5.74, 6) is 1.92. The van der Waals surface area contributed by atoms with E-state index < -0.39 is 0 Å². The molecule has 100 valence electrons. The molecule has 2 aromatic carbocycles. The second-order valence-electron chi connectivity index (χ2n) is 3.85. The molecule has 2 N–H and O–H groups in total. The number of ether oxygens (including phenoxy) is 2. The first-order chi connectivity index (χ1) is 9.13. The van der Waals surface area contributed by atoms with E-state index in [-0.39, 0.29) is 0 Å². The molecule has 0 amide bonds. The molecule has 2 aromatic rings. The maximum absolute atomic E-state index is 6.11. The molecular formula is C14H13BrClNO2. The number of nitrogens with two attached hydrogens (primary N) is 1. The minimum absolute atomic E-state index is 0.380. The Morgan fingerprint density at radius 3 is 2.63 bits per heavy atom. The second kappa shape index (κ2) is 6.28. The molecule has 0 heterocycles. The van der Waals surface area contributed by atoms with E-state index in [1.165, 1.54) is 0 Å². The first kappa shape index (κ1) is 14.2. The Labute approximate surface area is 125 Å². The molecule has 0 saturated carbocycles. The van der Waals surface area contributed by atoms with Crippen molar-refractivity contribution < 1.29 is 9.47 Å². The summed E-state index contributed by atoms with van der Waals surface area (Å²) >= 11 is 9.49. The first-order valence-corrected chi connectivity index (χ1v) is 6.81. The van der Waals surface area contributed by atoms with Crippen LogP contribution < -0.4 is 15.2 Å². The van der Waals surface area contributed by atoms with Gasteiger partial charge in [-0.15, -0.1) is 0 Å². The minimum Gasteiger partial charge on any atom is -0.497 e. The molecule has 0 aromatic heterocycles. The van der Waals surface area contributed by atoms with Crippen molar-refractivity contribution in [1.29, 1.82) is 0 Å². The van der Waals surface area contributed by atoms with Crippen LogP contribution in [0.5, 0.6) is 17.2 Å². The van der Waals surface area contributed by atoms with Crippen LogP contribution in [0.2, 0.25) is 5.02 Å². The quantitative estimate of drug-likeness (QED) is 0.897. The SMILES string of the molecule is COc1ccc(CN)c(Oc2cc(Br)ccc2Cl)c1. The van der Waals surface area contributed by atoms with Gasteiger partial charge in [-0.05, 0) is 24.3 Å². The Morgan fingerprint density at radius 2 is 1.95 bits per heavy atom. The van der Waals surface area contributed by atoms with Crippen LogP contribution >= 0.6 is 27.5 Å². The van der Waals surface area contributed by atoms with E-state index in [0.29, 0.717) is 28.8 Å². The van der Waals surface area contributed by atoms with Crippen molar-refractivity contribution >= 4 is 27.5 Å². The summed E-state index contributed by atoms with van der Waals surface area (Å²) in [6.45, 7) is 0.380. The zero-order chi connectivity index (χ0) is 13.8. The van der Waals surface area contributed by atoms with Crippen LogP contribution in [-0.4, -0.2) is 7.11 Å². The number of benzene rings is 2. The summed E-state index contributed by atoms with van der Waals surface area (Å²) < 4.78 is 11.9. The third-order valence-corrected chi connectivity index (χ3v) is 3.41. The monoisotopic (exact) mass is 341 g/mol. The molecule has 5 heteroatoms. The Hall–Kier alpha value is -1.23.